The third-order valence-corrected chi connectivity index (χ3v) is 5.06. The number of piperidine rings is 1. The second-order valence-corrected chi connectivity index (χ2v) is 6.83. The van der Waals surface area contributed by atoms with E-state index in [-0.39, 0.29) is 0 Å². The second kappa shape index (κ2) is 6.80. The van der Waals surface area contributed by atoms with Crippen LogP contribution in [-0.2, 0) is 0 Å². The van der Waals surface area contributed by atoms with Crippen LogP contribution in [0.4, 0.5) is 11.6 Å². The quantitative estimate of drug-likeness (QED) is 0.895. The molecule has 0 aliphatic carbocycles. The van der Waals surface area contributed by atoms with Crippen molar-refractivity contribution in [2.75, 3.05) is 37.1 Å². The molecular formula is C18H24N8. The maximum atomic E-state index is 4.48. The van der Waals surface area contributed by atoms with E-state index in [1.807, 2.05) is 28.0 Å². The molecule has 136 valence electrons. The molecule has 0 spiro atoms. The summed E-state index contributed by atoms with van der Waals surface area (Å²) in [4.78, 5) is 17.6. The van der Waals surface area contributed by atoms with Crippen LogP contribution in [0.25, 0.3) is 5.70 Å². The van der Waals surface area contributed by atoms with Crippen LogP contribution in [0.15, 0.2) is 49.6 Å². The standard InChI is InChI=1S/C18H24N8/c1-14-16(25-9-6-19-13-25)11-22-26(14)18-10-17(20-12-21-18)24-7-4-15(5-8-24)23(2)3/h6,9-13,15,22H,1,4-5,7-8H2,2-3H3. The lowest BCUT2D eigenvalue weighted by Crippen LogP contribution is -2.42. The summed E-state index contributed by atoms with van der Waals surface area (Å²) in [5, 5.41) is 1.87. The van der Waals surface area contributed by atoms with Gasteiger partial charge >= 0.3 is 0 Å². The predicted molar refractivity (Wildman–Crippen MR) is 102 cm³/mol. The molecule has 4 heterocycles. The van der Waals surface area contributed by atoms with Crippen LogP contribution in [0.5, 0.6) is 0 Å². The topological polar surface area (TPSA) is 65.4 Å². The SMILES string of the molecule is C=C1C(n2ccnc2)=CNN1c1cc(N2CCC(N(C)C)CC2)ncn1. The molecule has 0 bridgehead atoms. The molecule has 0 saturated carbocycles. The number of nitrogens with zero attached hydrogens (tertiary/aromatic N) is 7. The normalized spacial score (nSPS) is 18.4. The Morgan fingerprint density at radius 3 is 2.65 bits per heavy atom. The van der Waals surface area contributed by atoms with E-state index in [0.717, 1.165) is 49.0 Å². The lowest BCUT2D eigenvalue weighted by atomic mass is 10.0. The van der Waals surface area contributed by atoms with Crippen LogP contribution in [0.1, 0.15) is 12.8 Å². The summed E-state index contributed by atoms with van der Waals surface area (Å²) in [6, 6.07) is 2.66. The summed E-state index contributed by atoms with van der Waals surface area (Å²) >= 11 is 0. The molecule has 4 rings (SSSR count). The van der Waals surface area contributed by atoms with Crippen LogP contribution >= 0.6 is 0 Å². The average molecular weight is 352 g/mol. The van der Waals surface area contributed by atoms with Crippen LogP contribution in [0.2, 0.25) is 0 Å². The Morgan fingerprint density at radius 2 is 1.96 bits per heavy atom. The fourth-order valence-corrected chi connectivity index (χ4v) is 3.47. The molecule has 0 radical (unpaired) electrons. The minimum atomic E-state index is 0.648. The summed E-state index contributed by atoms with van der Waals surface area (Å²) in [6.45, 7) is 6.20. The van der Waals surface area contributed by atoms with Gasteiger partial charge in [-0.3, -0.25) is 5.43 Å². The number of hydrazine groups is 1. The number of nitrogens with one attached hydrogen (secondary N) is 1. The predicted octanol–water partition coefficient (Wildman–Crippen LogP) is 1.54. The number of imidazole rings is 1. The number of hydrogen-bond donors (Lipinski definition) is 1. The minimum Gasteiger partial charge on any atom is -0.356 e. The van der Waals surface area contributed by atoms with E-state index in [9.17, 15) is 0 Å². The Hall–Kier alpha value is -2.87. The zero-order valence-electron chi connectivity index (χ0n) is 15.2. The van der Waals surface area contributed by atoms with E-state index in [0.29, 0.717) is 6.04 Å². The fourth-order valence-electron chi connectivity index (χ4n) is 3.47. The van der Waals surface area contributed by atoms with E-state index in [4.69, 9.17) is 0 Å². The molecule has 2 aromatic rings. The highest BCUT2D eigenvalue weighted by Crippen LogP contribution is 2.28. The highest BCUT2D eigenvalue weighted by molar-refractivity contribution is 5.74. The van der Waals surface area contributed by atoms with Gasteiger partial charge in [-0.2, -0.15) is 0 Å². The summed E-state index contributed by atoms with van der Waals surface area (Å²) in [7, 11) is 4.30. The van der Waals surface area contributed by atoms with Gasteiger partial charge in [-0.05, 0) is 26.9 Å². The van der Waals surface area contributed by atoms with Gasteiger partial charge in [-0.15, -0.1) is 0 Å². The number of hydrogen-bond acceptors (Lipinski definition) is 7. The van der Waals surface area contributed by atoms with Crippen molar-refractivity contribution in [3.63, 3.8) is 0 Å². The Morgan fingerprint density at radius 1 is 1.19 bits per heavy atom. The molecule has 2 aliphatic rings. The number of allylic oxidation sites excluding steroid dienone is 1. The molecule has 2 aromatic heterocycles. The lowest BCUT2D eigenvalue weighted by Gasteiger charge is -2.36. The first-order valence-corrected chi connectivity index (χ1v) is 8.81. The molecule has 1 fully saturated rings. The van der Waals surface area contributed by atoms with Crippen molar-refractivity contribution < 1.29 is 0 Å². The van der Waals surface area contributed by atoms with Gasteiger partial charge in [0.25, 0.3) is 0 Å². The van der Waals surface area contributed by atoms with Gasteiger partial charge in [0.05, 0.1) is 17.7 Å². The molecule has 0 aromatic carbocycles. The molecular weight excluding hydrogens is 328 g/mol. The first-order chi connectivity index (χ1) is 12.6. The molecule has 1 N–H and O–H groups in total. The Kier molecular flexibility index (Phi) is 4.34. The largest absolute Gasteiger partial charge is 0.356 e. The van der Waals surface area contributed by atoms with Gasteiger partial charge in [0.15, 0.2) is 5.82 Å². The first-order valence-electron chi connectivity index (χ1n) is 8.81. The van der Waals surface area contributed by atoms with Crippen molar-refractivity contribution in [3.8, 4) is 0 Å². The summed E-state index contributed by atoms with van der Waals surface area (Å²) in [6.07, 6.45) is 11.2. The van der Waals surface area contributed by atoms with Gasteiger partial charge in [0.1, 0.15) is 12.1 Å². The van der Waals surface area contributed by atoms with E-state index >= 15 is 0 Å². The molecule has 0 atom stereocenters. The van der Waals surface area contributed by atoms with Crippen molar-refractivity contribution in [2.24, 2.45) is 0 Å². The smallest absolute Gasteiger partial charge is 0.157 e. The van der Waals surface area contributed by atoms with Gasteiger partial charge < -0.3 is 14.4 Å². The molecule has 0 unspecified atom stereocenters. The lowest BCUT2D eigenvalue weighted by molar-refractivity contribution is 0.249. The Balaban J connectivity index is 1.48. The van der Waals surface area contributed by atoms with Crippen molar-refractivity contribution in [1.29, 1.82) is 0 Å². The zero-order valence-corrected chi connectivity index (χ0v) is 15.2. The van der Waals surface area contributed by atoms with Crippen LogP contribution < -0.4 is 15.3 Å². The Bertz CT molecular complexity index is 802. The van der Waals surface area contributed by atoms with Crippen molar-refractivity contribution in [1.82, 2.24) is 29.8 Å². The fraction of sp³-hybridized carbons (Fsp3) is 0.389. The third-order valence-electron chi connectivity index (χ3n) is 5.06. The molecule has 1 saturated heterocycles. The minimum absolute atomic E-state index is 0.648. The van der Waals surface area contributed by atoms with E-state index in [1.54, 1.807) is 18.9 Å². The number of aromatic nitrogens is 4. The summed E-state index contributed by atoms with van der Waals surface area (Å²) in [5.41, 5.74) is 4.98. The van der Waals surface area contributed by atoms with Gasteiger partial charge in [0.2, 0.25) is 0 Å². The van der Waals surface area contributed by atoms with Gasteiger partial charge in [-0.25, -0.2) is 20.0 Å². The number of rotatable bonds is 4. The van der Waals surface area contributed by atoms with Crippen molar-refractivity contribution in [3.05, 3.63) is 49.6 Å². The van der Waals surface area contributed by atoms with E-state index < -0.39 is 0 Å². The summed E-state index contributed by atoms with van der Waals surface area (Å²) < 4.78 is 1.92. The van der Waals surface area contributed by atoms with E-state index in [2.05, 4.69) is 50.9 Å². The van der Waals surface area contributed by atoms with Crippen LogP contribution in [0.3, 0.4) is 0 Å². The van der Waals surface area contributed by atoms with E-state index in [1.165, 1.54) is 0 Å². The molecule has 8 heteroatoms. The Labute approximate surface area is 153 Å². The second-order valence-electron chi connectivity index (χ2n) is 6.83. The molecule has 26 heavy (non-hydrogen) atoms. The van der Waals surface area contributed by atoms with Crippen LogP contribution in [0, 0.1) is 0 Å². The van der Waals surface area contributed by atoms with Crippen LogP contribution in [-0.4, -0.2) is 57.6 Å². The third kappa shape index (κ3) is 3.03. The molecule has 2 aliphatic heterocycles. The molecule has 8 nitrogen and oxygen atoms in total. The molecule has 0 amide bonds. The maximum Gasteiger partial charge on any atom is 0.157 e. The van der Waals surface area contributed by atoms with Crippen molar-refractivity contribution in [2.45, 2.75) is 18.9 Å². The van der Waals surface area contributed by atoms with Gasteiger partial charge in [-0.1, -0.05) is 6.58 Å². The average Bonchev–Trinajstić information content (AvgIpc) is 3.31. The zero-order chi connectivity index (χ0) is 18.1. The van der Waals surface area contributed by atoms with Crippen molar-refractivity contribution >= 4 is 17.3 Å². The number of anilines is 2. The summed E-state index contributed by atoms with van der Waals surface area (Å²) in [5.74, 6) is 1.74. The first kappa shape index (κ1) is 16.6. The highest BCUT2D eigenvalue weighted by Gasteiger charge is 2.25. The monoisotopic (exact) mass is 352 g/mol. The maximum absolute atomic E-state index is 4.48. The highest BCUT2D eigenvalue weighted by atomic mass is 15.6. The van der Waals surface area contributed by atoms with Gasteiger partial charge in [0, 0.05) is 43.8 Å².